The van der Waals surface area contributed by atoms with Crippen molar-refractivity contribution in [2.45, 2.75) is 12.8 Å². The number of hydrogen-bond acceptors (Lipinski definition) is 2. The first-order chi connectivity index (χ1) is 3.80. The van der Waals surface area contributed by atoms with Crippen LogP contribution in [0.15, 0.2) is 12.2 Å². The van der Waals surface area contributed by atoms with Crippen molar-refractivity contribution in [2.24, 2.45) is 0 Å². The first kappa shape index (κ1) is 5.22. The van der Waals surface area contributed by atoms with Crippen LogP contribution in [-0.4, -0.2) is 11.4 Å². The molecule has 0 saturated heterocycles. The fourth-order valence-corrected chi connectivity index (χ4v) is 0.664. The standard InChI is InChI=1S/C6H8N2/c7-5-3-1-2-4-6(5)8/h1,3,7-8H,2,4H2. The molecule has 0 heterocycles. The Hall–Kier alpha value is -0.920. The van der Waals surface area contributed by atoms with Crippen LogP contribution in [0.1, 0.15) is 12.8 Å². The fourth-order valence-electron chi connectivity index (χ4n) is 0.664. The Bertz CT molecular complexity index is 156. The lowest BCUT2D eigenvalue weighted by Crippen LogP contribution is -2.11. The summed E-state index contributed by atoms with van der Waals surface area (Å²) in [7, 11) is 0. The molecule has 0 unspecified atom stereocenters. The molecule has 1 rings (SSSR count). The quantitative estimate of drug-likeness (QED) is 0.471. The van der Waals surface area contributed by atoms with Crippen LogP contribution in [0, 0.1) is 10.8 Å². The van der Waals surface area contributed by atoms with E-state index in [0.717, 1.165) is 12.8 Å². The van der Waals surface area contributed by atoms with Crippen LogP contribution in [0.3, 0.4) is 0 Å². The summed E-state index contributed by atoms with van der Waals surface area (Å²) in [6.45, 7) is 0. The summed E-state index contributed by atoms with van der Waals surface area (Å²) in [5.41, 5.74) is 0.837. The third-order valence-electron chi connectivity index (χ3n) is 1.17. The highest BCUT2D eigenvalue weighted by Crippen LogP contribution is 2.01. The van der Waals surface area contributed by atoms with Crippen molar-refractivity contribution < 1.29 is 0 Å². The molecule has 1 aliphatic carbocycles. The Labute approximate surface area is 48.2 Å². The molecule has 0 spiro atoms. The molecule has 0 saturated carbocycles. The van der Waals surface area contributed by atoms with Crippen molar-refractivity contribution in [1.82, 2.24) is 0 Å². The zero-order chi connectivity index (χ0) is 5.98. The van der Waals surface area contributed by atoms with E-state index in [9.17, 15) is 0 Å². The molecule has 2 nitrogen and oxygen atoms in total. The minimum Gasteiger partial charge on any atom is -0.303 e. The van der Waals surface area contributed by atoms with Gasteiger partial charge in [0.2, 0.25) is 0 Å². The van der Waals surface area contributed by atoms with Crippen LogP contribution >= 0.6 is 0 Å². The summed E-state index contributed by atoms with van der Waals surface area (Å²) in [4.78, 5) is 0. The first-order valence-electron chi connectivity index (χ1n) is 2.63. The molecule has 0 fully saturated rings. The first-order valence-corrected chi connectivity index (χ1v) is 2.63. The number of hydrogen-bond donors (Lipinski definition) is 2. The van der Waals surface area contributed by atoms with E-state index in [2.05, 4.69) is 0 Å². The van der Waals surface area contributed by atoms with Gasteiger partial charge in [-0.3, -0.25) is 5.41 Å². The molecule has 42 valence electrons. The predicted octanol–water partition coefficient (Wildman–Crippen LogP) is 1.38. The van der Waals surface area contributed by atoms with E-state index in [0.29, 0.717) is 11.4 Å². The topological polar surface area (TPSA) is 47.7 Å². The molecule has 2 heteroatoms. The van der Waals surface area contributed by atoms with E-state index in [1.54, 1.807) is 6.08 Å². The van der Waals surface area contributed by atoms with Gasteiger partial charge in [-0.05, 0) is 18.9 Å². The monoisotopic (exact) mass is 108 g/mol. The summed E-state index contributed by atoms with van der Waals surface area (Å²) >= 11 is 0. The molecular weight excluding hydrogens is 100 g/mol. The van der Waals surface area contributed by atoms with Crippen LogP contribution in [-0.2, 0) is 0 Å². The average molecular weight is 108 g/mol. The van der Waals surface area contributed by atoms with E-state index in [1.807, 2.05) is 6.08 Å². The summed E-state index contributed by atoms with van der Waals surface area (Å²) in [5.74, 6) is 0. The van der Waals surface area contributed by atoms with E-state index in [-0.39, 0.29) is 0 Å². The smallest absolute Gasteiger partial charge is 0.0744 e. The van der Waals surface area contributed by atoms with Crippen molar-refractivity contribution >= 4 is 11.4 Å². The summed E-state index contributed by atoms with van der Waals surface area (Å²) < 4.78 is 0. The molecule has 0 amide bonds. The van der Waals surface area contributed by atoms with E-state index >= 15 is 0 Å². The van der Waals surface area contributed by atoms with Crippen LogP contribution in [0.25, 0.3) is 0 Å². The zero-order valence-electron chi connectivity index (χ0n) is 4.57. The van der Waals surface area contributed by atoms with Gasteiger partial charge in [-0.15, -0.1) is 0 Å². The maximum atomic E-state index is 7.12. The molecule has 2 N–H and O–H groups in total. The van der Waals surface area contributed by atoms with Gasteiger partial charge in [0.15, 0.2) is 0 Å². The molecule has 8 heavy (non-hydrogen) atoms. The Kier molecular flexibility index (Phi) is 1.24. The van der Waals surface area contributed by atoms with E-state index < -0.39 is 0 Å². The van der Waals surface area contributed by atoms with Gasteiger partial charge in [-0.2, -0.15) is 0 Å². The van der Waals surface area contributed by atoms with Gasteiger partial charge >= 0.3 is 0 Å². The second kappa shape index (κ2) is 1.90. The average Bonchev–Trinajstić information content (AvgIpc) is 1.77. The maximum Gasteiger partial charge on any atom is 0.0744 e. The van der Waals surface area contributed by atoms with Crippen molar-refractivity contribution in [3.05, 3.63) is 12.2 Å². The lowest BCUT2D eigenvalue weighted by Gasteiger charge is -2.03. The molecule has 0 aromatic carbocycles. The van der Waals surface area contributed by atoms with Gasteiger partial charge in [0.1, 0.15) is 0 Å². The Morgan fingerprint density at radius 3 is 2.50 bits per heavy atom. The van der Waals surface area contributed by atoms with Gasteiger partial charge in [-0.25, -0.2) is 0 Å². The van der Waals surface area contributed by atoms with Crippen LogP contribution in [0.4, 0.5) is 0 Å². The summed E-state index contributed by atoms with van der Waals surface area (Å²) in [6, 6.07) is 0. The lowest BCUT2D eigenvalue weighted by atomic mass is 10.0. The number of allylic oxidation sites excluding steroid dienone is 2. The highest BCUT2D eigenvalue weighted by atomic mass is 14.5. The third-order valence-corrected chi connectivity index (χ3v) is 1.17. The highest BCUT2D eigenvalue weighted by Gasteiger charge is 2.03. The van der Waals surface area contributed by atoms with Crippen LogP contribution < -0.4 is 0 Å². The van der Waals surface area contributed by atoms with Crippen molar-refractivity contribution in [3.8, 4) is 0 Å². The number of nitrogens with one attached hydrogen (secondary N) is 2. The lowest BCUT2D eigenvalue weighted by molar-refractivity contribution is 1.08. The molecule has 0 aromatic rings. The van der Waals surface area contributed by atoms with Crippen molar-refractivity contribution in [2.75, 3.05) is 0 Å². The fraction of sp³-hybridized carbons (Fsp3) is 0.333. The Morgan fingerprint density at radius 2 is 2.12 bits per heavy atom. The minimum atomic E-state index is 0.372. The molecule has 0 aliphatic heterocycles. The maximum absolute atomic E-state index is 7.12. The Morgan fingerprint density at radius 1 is 1.38 bits per heavy atom. The Balaban J connectivity index is 2.75. The molecular formula is C6H8N2. The SMILES string of the molecule is N=C1C=CCCC1=N. The van der Waals surface area contributed by atoms with E-state index in [4.69, 9.17) is 10.8 Å². The molecule has 0 aromatic heterocycles. The molecule has 0 radical (unpaired) electrons. The summed E-state index contributed by atoms with van der Waals surface area (Å²) in [6.07, 6.45) is 5.29. The zero-order valence-corrected chi connectivity index (χ0v) is 4.57. The van der Waals surface area contributed by atoms with Gasteiger partial charge < -0.3 is 5.41 Å². The second-order valence-electron chi connectivity index (χ2n) is 1.83. The van der Waals surface area contributed by atoms with Crippen molar-refractivity contribution in [3.63, 3.8) is 0 Å². The highest BCUT2D eigenvalue weighted by molar-refractivity contribution is 6.44. The van der Waals surface area contributed by atoms with Gasteiger partial charge in [0.25, 0.3) is 0 Å². The molecule has 1 aliphatic rings. The molecule has 0 bridgehead atoms. The normalized spacial score (nSPS) is 19.5. The predicted molar refractivity (Wildman–Crippen MR) is 33.8 cm³/mol. The van der Waals surface area contributed by atoms with Crippen molar-refractivity contribution in [1.29, 1.82) is 10.8 Å². The van der Waals surface area contributed by atoms with E-state index in [1.165, 1.54) is 0 Å². The van der Waals surface area contributed by atoms with Crippen LogP contribution in [0.5, 0.6) is 0 Å². The second-order valence-corrected chi connectivity index (χ2v) is 1.83. The van der Waals surface area contributed by atoms with Gasteiger partial charge in [0.05, 0.1) is 11.4 Å². The summed E-state index contributed by atoms with van der Waals surface area (Å²) in [5, 5.41) is 14.2. The molecule has 0 atom stereocenters. The third kappa shape index (κ3) is 0.832. The minimum absolute atomic E-state index is 0.372. The van der Waals surface area contributed by atoms with Crippen LogP contribution in [0.2, 0.25) is 0 Å². The van der Waals surface area contributed by atoms with Gasteiger partial charge in [0, 0.05) is 0 Å². The number of rotatable bonds is 0. The largest absolute Gasteiger partial charge is 0.303 e. The van der Waals surface area contributed by atoms with Gasteiger partial charge in [-0.1, -0.05) is 6.08 Å².